The number of anilines is 1. The standard InChI is InChI=1S/C14H21FN2/c1-11(16)9-12-5-6-14(13(15)10-12)17-7-3-2-4-8-17/h5-6,10-11H,2-4,7-9,16H2,1H3. The molecule has 2 N–H and O–H groups in total. The van der Waals surface area contributed by atoms with Gasteiger partial charge in [0.15, 0.2) is 0 Å². The summed E-state index contributed by atoms with van der Waals surface area (Å²) in [5, 5.41) is 0. The molecule has 3 heteroatoms. The minimum Gasteiger partial charge on any atom is -0.369 e. The maximum atomic E-state index is 14.0. The normalized spacial score (nSPS) is 18.2. The van der Waals surface area contributed by atoms with Gasteiger partial charge in [-0.25, -0.2) is 4.39 Å². The molecule has 0 radical (unpaired) electrons. The second-order valence-electron chi connectivity index (χ2n) is 5.01. The number of piperidine rings is 1. The van der Waals surface area contributed by atoms with E-state index in [0.717, 1.165) is 30.8 Å². The molecule has 0 saturated carbocycles. The fourth-order valence-corrected chi connectivity index (χ4v) is 2.44. The summed E-state index contributed by atoms with van der Waals surface area (Å²) in [6, 6.07) is 5.61. The maximum absolute atomic E-state index is 14.0. The van der Waals surface area contributed by atoms with Crippen molar-refractivity contribution in [2.75, 3.05) is 18.0 Å². The molecule has 2 nitrogen and oxygen atoms in total. The van der Waals surface area contributed by atoms with E-state index in [1.165, 1.54) is 19.3 Å². The van der Waals surface area contributed by atoms with E-state index >= 15 is 0 Å². The molecule has 1 unspecified atom stereocenters. The maximum Gasteiger partial charge on any atom is 0.146 e. The Hall–Kier alpha value is -1.09. The second kappa shape index (κ2) is 5.50. The van der Waals surface area contributed by atoms with Crippen molar-refractivity contribution in [2.24, 2.45) is 5.73 Å². The zero-order valence-corrected chi connectivity index (χ0v) is 10.5. The van der Waals surface area contributed by atoms with E-state index in [-0.39, 0.29) is 11.9 Å². The van der Waals surface area contributed by atoms with E-state index in [9.17, 15) is 4.39 Å². The van der Waals surface area contributed by atoms with Gasteiger partial charge in [0.25, 0.3) is 0 Å². The summed E-state index contributed by atoms with van der Waals surface area (Å²) in [7, 11) is 0. The van der Waals surface area contributed by atoms with E-state index in [0.29, 0.717) is 0 Å². The largest absolute Gasteiger partial charge is 0.369 e. The molecule has 1 heterocycles. The monoisotopic (exact) mass is 236 g/mol. The molecule has 0 aromatic heterocycles. The van der Waals surface area contributed by atoms with Crippen LogP contribution in [0.4, 0.5) is 10.1 Å². The first kappa shape index (κ1) is 12.4. The molecule has 1 saturated heterocycles. The minimum atomic E-state index is -0.106. The Balaban J connectivity index is 2.13. The number of hydrogen-bond donors (Lipinski definition) is 1. The molecule has 1 aliphatic heterocycles. The SMILES string of the molecule is CC(N)Cc1ccc(N2CCCCC2)c(F)c1. The average molecular weight is 236 g/mol. The summed E-state index contributed by atoms with van der Waals surface area (Å²) in [5.74, 6) is -0.106. The van der Waals surface area contributed by atoms with E-state index < -0.39 is 0 Å². The molecule has 1 aromatic rings. The van der Waals surface area contributed by atoms with Gasteiger partial charge in [0, 0.05) is 19.1 Å². The van der Waals surface area contributed by atoms with Gasteiger partial charge in [0.2, 0.25) is 0 Å². The summed E-state index contributed by atoms with van der Waals surface area (Å²) in [4.78, 5) is 2.15. The zero-order chi connectivity index (χ0) is 12.3. The molecule has 1 aromatic carbocycles. The predicted octanol–water partition coefficient (Wildman–Crippen LogP) is 2.71. The van der Waals surface area contributed by atoms with Crippen LogP contribution >= 0.6 is 0 Å². The van der Waals surface area contributed by atoms with Crippen molar-refractivity contribution in [3.8, 4) is 0 Å². The highest BCUT2D eigenvalue weighted by Gasteiger charge is 2.15. The van der Waals surface area contributed by atoms with Gasteiger partial charge >= 0.3 is 0 Å². The van der Waals surface area contributed by atoms with Crippen molar-refractivity contribution in [3.63, 3.8) is 0 Å². The highest BCUT2D eigenvalue weighted by molar-refractivity contribution is 5.49. The molecule has 0 amide bonds. The smallest absolute Gasteiger partial charge is 0.146 e. The first-order valence-corrected chi connectivity index (χ1v) is 6.46. The lowest BCUT2D eigenvalue weighted by Crippen LogP contribution is -2.30. The van der Waals surface area contributed by atoms with Gasteiger partial charge in [-0.05, 0) is 50.3 Å². The number of rotatable bonds is 3. The highest BCUT2D eigenvalue weighted by Crippen LogP contribution is 2.24. The van der Waals surface area contributed by atoms with Gasteiger partial charge in [0.05, 0.1) is 5.69 Å². The van der Waals surface area contributed by atoms with Gasteiger partial charge < -0.3 is 10.6 Å². The third-order valence-corrected chi connectivity index (χ3v) is 3.27. The van der Waals surface area contributed by atoms with Crippen molar-refractivity contribution in [2.45, 2.75) is 38.6 Å². The van der Waals surface area contributed by atoms with Crippen LogP contribution in [0.3, 0.4) is 0 Å². The first-order valence-electron chi connectivity index (χ1n) is 6.46. The second-order valence-corrected chi connectivity index (χ2v) is 5.01. The predicted molar refractivity (Wildman–Crippen MR) is 69.8 cm³/mol. The van der Waals surface area contributed by atoms with Crippen LogP contribution in [-0.4, -0.2) is 19.1 Å². The fourth-order valence-electron chi connectivity index (χ4n) is 2.44. The summed E-state index contributed by atoms with van der Waals surface area (Å²) in [6.45, 7) is 3.89. The number of benzene rings is 1. The Morgan fingerprint density at radius 1 is 1.29 bits per heavy atom. The van der Waals surface area contributed by atoms with E-state index in [2.05, 4.69) is 4.90 Å². The van der Waals surface area contributed by atoms with Crippen LogP contribution < -0.4 is 10.6 Å². The molecule has 1 aliphatic rings. The topological polar surface area (TPSA) is 29.3 Å². The quantitative estimate of drug-likeness (QED) is 0.874. The van der Waals surface area contributed by atoms with Gasteiger partial charge in [-0.15, -0.1) is 0 Å². The van der Waals surface area contributed by atoms with Gasteiger partial charge in [-0.1, -0.05) is 6.07 Å². The van der Waals surface area contributed by atoms with Crippen molar-refractivity contribution in [3.05, 3.63) is 29.6 Å². The van der Waals surface area contributed by atoms with E-state index in [1.54, 1.807) is 6.07 Å². The Kier molecular flexibility index (Phi) is 4.00. The lowest BCUT2D eigenvalue weighted by molar-refractivity contribution is 0.556. The van der Waals surface area contributed by atoms with Gasteiger partial charge in [0.1, 0.15) is 5.82 Å². The summed E-state index contributed by atoms with van der Waals surface area (Å²) >= 11 is 0. The zero-order valence-electron chi connectivity index (χ0n) is 10.5. The number of nitrogens with two attached hydrogens (primary N) is 1. The molecule has 1 atom stereocenters. The molecule has 1 fully saturated rings. The third-order valence-electron chi connectivity index (χ3n) is 3.27. The van der Waals surface area contributed by atoms with Gasteiger partial charge in [-0.3, -0.25) is 0 Å². The van der Waals surface area contributed by atoms with Crippen LogP contribution in [-0.2, 0) is 6.42 Å². The Morgan fingerprint density at radius 3 is 2.59 bits per heavy atom. The highest BCUT2D eigenvalue weighted by atomic mass is 19.1. The summed E-state index contributed by atoms with van der Waals surface area (Å²) in [5.41, 5.74) is 7.46. The minimum absolute atomic E-state index is 0.0789. The molecular weight excluding hydrogens is 215 g/mol. The van der Waals surface area contributed by atoms with E-state index in [4.69, 9.17) is 5.73 Å². The Morgan fingerprint density at radius 2 is 2.00 bits per heavy atom. The van der Waals surface area contributed by atoms with Crippen LogP contribution in [0.5, 0.6) is 0 Å². The molecule has 0 bridgehead atoms. The summed E-state index contributed by atoms with van der Waals surface area (Å²) in [6.07, 6.45) is 4.33. The Labute approximate surface area is 103 Å². The molecule has 94 valence electrons. The van der Waals surface area contributed by atoms with Crippen LogP contribution in [0.1, 0.15) is 31.7 Å². The van der Waals surface area contributed by atoms with Crippen molar-refractivity contribution in [1.29, 1.82) is 0 Å². The molecule has 2 rings (SSSR count). The van der Waals surface area contributed by atoms with Crippen LogP contribution in [0.2, 0.25) is 0 Å². The number of halogens is 1. The number of hydrogen-bond acceptors (Lipinski definition) is 2. The van der Waals surface area contributed by atoms with Crippen molar-refractivity contribution >= 4 is 5.69 Å². The van der Waals surface area contributed by atoms with E-state index in [1.807, 2.05) is 19.1 Å². The van der Waals surface area contributed by atoms with Crippen LogP contribution in [0.15, 0.2) is 18.2 Å². The lowest BCUT2D eigenvalue weighted by Gasteiger charge is -2.29. The van der Waals surface area contributed by atoms with Crippen LogP contribution in [0, 0.1) is 5.82 Å². The Bertz CT molecular complexity index is 370. The fraction of sp³-hybridized carbons (Fsp3) is 0.571. The van der Waals surface area contributed by atoms with Crippen LogP contribution in [0.25, 0.3) is 0 Å². The lowest BCUT2D eigenvalue weighted by atomic mass is 10.1. The molecule has 0 spiro atoms. The first-order chi connectivity index (χ1) is 8.16. The molecular formula is C14H21FN2. The van der Waals surface area contributed by atoms with Crippen molar-refractivity contribution < 1.29 is 4.39 Å². The molecule has 17 heavy (non-hydrogen) atoms. The summed E-state index contributed by atoms with van der Waals surface area (Å²) < 4.78 is 14.0. The third kappa shape index (κ3) is 3.19. The van der Waals surface area contributed by atoms with Crippen molar-refractivity contribution in [1.82, 2.24) is 0 Å². The number of nitrogens with zero attached hydrogens (tertiary/aromatic N) is 1. The molecule has 0 aliphatic carbocycles. The van der Waals surface area contributed by atoms with Gasteiger partial charge in [-0.2, -0.15) is 0 Å². The average Bonchev–Trinajstić information content (AvgIpc) is 2.29.